The monoisotopic (exact) mass is 195 g/mol. The van der Waals surface area contributed by atoms with E-state index in [1.54, 1.807) is 6.08 Å². The van der Waals surface area contributed by atoms with Crippen molar-refractivity contribution in [1.82, 2.24) is 0 Å². The van der Waals surface area contributed by atoms with E-state index in [9.17, 15) is 4.39 Å². The minimum atomic E-state index is -0.151. The van der Waals surface area contributed by atoms with E-state index in [4.69, 9.17) is 4.74 Å². The summed E-state index contributed by atoms with van der Waals surface area (Å²) >= 11 is 0. The third kappa shape index (κ3) is 1.59. The molecule has 2 aliphatic rings. The van der Waals surface area contributed by atoms with Crippen molar-refractivity contribution in [1.29, 1.82) is 0 Å². The molecular weight excluding hydrogens is 181 g/mol. The van der Waals surface area contributed by atoms with Crippen LogP contribution in [0.3, 0.4) is 0 Å². The van der Waals surface area contributed by atoms with Crippen LogP contribution in [0.1, 0.15) is 20.3 Å². The number of hydrogen-bond acceptors (Lipinski definition) is 2. The molecule has 0 N–H and O–H groups in total. The van der Waals surface area contributed by atoms with Crippen molar-refractivity contribution in [3.8, 4) is 0 Å². The lowest BCUT2D eigenvalue weighted by molar-refractivity contribution is 0.241. The van der Waals surface area contributed by atoms with E-state index < -0.39 is 0 Å². The van der Waals surface area contributed by atoms with E-state index in [1.165, 1.54) is 6.08 Å². The first-order valence-corrected chi connectivity index (χ1v) is 4.82. The minimum Gasteiger partial charge on any atom is -0.479 e. The molecule has 0 unspecified atom stereocenters. The van der Waals surface area contributed by atoms with Gasteiger partial charge in [0.2, 0.25) is 0 Å². The summed E-state index contributed by atoms with van der Waals surface area (Å²) in [5.74, 6) is 0.585. The summed E-state index contributed by atoms with van der Waals surface area (Å²) in [5.41, 5.74) is -0.0899. The summed E-state index contributed by atoms with van der Waals surface area (Å²) in [5, 5.41) is 0. The Morgan fingerprint density at radius 2 is 2.43 bits per heavy atom. The van der Waals surface area contributed by atoms with Crippen molar-refractivity contribution in [3.05, 3.63) is 24.1 Å². The summed E-state index contributed by atoms with van der Waals surface area (Å²) in [6, 6.07) is 0.128. The highest BCUT2D eigenvalue weighted by atomic mass is 19.1. The third-order valence-electron chi connectivity index (χ3n) is 2.91. The van der Waals surface area contributed by atoms with Gasteiger partial charge in [-0.15, -0.1) is 0 Å². The smallest absolute Gasteiger partial charge is 0.180 e. The van der Waals surface area contributed by atoms with Gasteiger partial charge >= 0.3 is 0 Å². The summed E-state index contributed by atoms with van der Waals surface area (Å²) in [4.78, 5) is 4.40. The van der Waals surface area contributed by atoms with E-state index in [0.717, 1.165) is 5.90 Å². The molecule has 0 bridgehead atoms. The molecule has 0 spiro atoms. The van der Waals surface area contributed by atoms with Gasteiger partial charge in [0, 0.05) is 12.3 Å². The van der Waals surface area contributed by atoms with E-state index in [0.29, 0.717) is 13.0 Å². The number of rotatable bonds is 1. The highest BCUT2D eigenvalue weighted by molar-refractivity contribution is 5.74. The molecule has 0 saturated heterocycles. The number of halogens is 1. The van der Waals surface area contributed by atoms with Crippen molar-refractivity contribution >= 4 is 5.90 Å². The molecule has 3 heteroatoms. The van der Waals surface area contributed by atoms with Crippen molar-refractivity contribution in [2.75, 3.05) is 6.61 Å². The van der Waals surface area contributed by atoms with Crippen molar-refractivity contribution in [2.45, 2.75) is 26.3 Å². The molecule has 0 saturated carbocycles. The Bertz CT molecular complexity index is 332. The average Bonchev–Trinajstić information content (AvgIpc) is 2.58. The number of aliphatic imine (C=N–C) groups is 1. The zero-order valence-corrected chi connectivity index (χ0v) is 8.46. The number of hydrogen-bond donors (Lipinski definition) is 0. The summed E-state index contributed by atoms with van der Waals surface area (Å²) in [7, 11) is 0. The molecule has 0 amide bonds. The summed E-state index contributed by atoms with van der Waals surface area (Å²) < 4.78 is 18.1. The van der Waals surface area contributed by atoms with E-state index in [-0.39, 0.29) is 17.3 Å². The van der Waals surface area contributed by atoms with Gasteiger partial charge in [0.1, 0.15) is 12.4 Å². The van der Waals surface area contributed by atoms with Gasteiger partial charge < -0.3 is 4.74 Å². The number of ether oxygens (including phenoxy) is 1. The van der Waals surface area contributed by atoms with Gasteiger partial charge in [-0.3, -0.25) is 0 Å². The molecule has 0 aromatic heterocycles. The van der Waals surface area contributed by atoms with Crippen LogP contribution >= 0.6 is 0 Å². The van der Waals surface area contributed by atoms with E-state index in [1.807, 2.05) is 13.0 Å². The van der Waals surface area contributed by atoms with E-state index >= 15 is 0 Å². The van der Waals surface area contributed by atoms with Crippen LogP contribution in [-0.2, 0) is 4.74 Å². The molecule has 0 radical (unpaired) electrons. The molecule has 0 aromatic rings. The Morgan fingerprint density at radius 3 is 2.93 bits per heavy atom. The second kappa shape index (κ2) is 3.23. The maximum atomic E-state index is 12.8. The molecule has 76 valence electrons. The van der Waals surface area contributed by atoms with Gasteiger partial charge in [-0.1, -0.05) is 13.0 Å². The molecule has 2 nitrogen and oxygen atoms in total. The fraction of sp³-hybridized carbons (Fsp3) is 0.545. The third-order valence-corrected chi connectivity index (χ3v) is 2.91. The number of allylic oxidation sites excluding steroid dienone is 3. The molecule has 1 heterocycles. The topological polar surface area (TPSA) is 21.6 Å². The van der Waals surface area contributed by atoms with Crippen LogP contribution in [0.4, 0.5) is 4.39 Å². The van der Waals surface area contributed by atoms with Crippen molar-refractivity contribution in [3.63, 3.8) is 0 Å². The Labute approximate surface area is 83.2 Å². The molecule has 0 fully saturated rings. The molecule has 2 rings (SSSR count). The second-order valence-electron chi connectivity index (χ2n) is 4.11. The number of nitrogens with zero attached hydrogens (tertiary/aromatic N) is 1. The average molecular weight is 195 g/mol. The van der Waals surface area contributed by atoms with Crippen LogP contribution in [0.15, 0.2) is 29.0 Å². The van der Waals surface area contributed by atoms with Crippen molar-refractivity contribution < 1.29 is 9.13 Å². The maximum absolute atomic E-state index is 12.8. The fourth-order valence-electron chi connectivity index (χ4n) is 1.80. The minimum absolute atomic E-state index is 0.0899. The zero-order chi connectivity index (χ0) is 10.2. The highest BCUT2D eigenvalue weighted by Gasteiger charge is 2.35. The largest absolute Gasteiger partial charge is 0.479 e. The molecular formula is C11H14FNO. The highest BCUT2D eigenvalue weighted by Crippen LogP contribution is 2.36. The normalized spacial score (nSPS) is 36.4. The van der Waals surface area contributed by atoms with Crippen LogP contribution in [-0.4, -0.2) is 18.5 Å². The van der Waals surface area contributed by atoms with Gasteiger partial charge in [-0.2, -0.15) is 0 Å². The van der Waals surface area contributed by atoms with Gasteiger partial charge in [0.25, 0.3) is 0 Å². The Kier molecular flexibility index (Phi) is 2.17. The molecule has 14 heavy (non-hydrogen) atoms. The lowest BCUT2D eigenvalue weighted by atomic mass is 9.77. The van der Waals surface area contributed by atoms with Gasteiger partial charge in [-0.25, -0.2) is 9.38 Å². The zero-order valence-electron chi connectivity index (χ0n) is 8.46. The van der Waals surface area contributed by atoms with Crippen LogP contribution in [0.5, 0.6) is 0 Å². The van der Waals surface area contributed by atoms with Gasteiger partial charge in [0.15, 0.2) is 5.90 Å². The van der Waals surface area contributed by atoms with E-state index in [2.05, 4.69) is 11.9 Å². The first kappa shape index (κ1) is 9.44. The first-order valence-electron chi connectivity index (χ1n) is 4.82. The van der Waals surface area contributed by atoms with Crippen LogP contribution in [0.2, 0.25) is 0 Å². The first-order chi connectivity index (χ1) is 6.60. The van der Waals surface area contributed by atoms with Crippen LogP contribution in [0, 0.1) is 5.41 Å². The molecule has 1 aliphatic heterocycles. The quantitative estimate of drug-likeness (QED) is 0.630. The van der Waals surface area contributed by atoms with Crippen molar-refractivity contribution in [2.24, 2.45) is 10.4 Å². The van der Waals surface area contributed by atoms with Gasteiger partial charge in [-0.05, 0) is 18.6 Å². The maximum Gasteiger partial charge on any atom is 0.180 e. The lowest BCUT2D eigenvalue weighted by Gasteiger charge is -2.30. The standard InChI is InChI=1S/C11H14FNO/c1-8-13-10(7-14-8)11(2)5-3-9(12)4-6-11/h3-5,10H,6-7H2,1-2H3/t10-,11+/m1/s1. The Morgan fingerprint density at radius 1 is 1.64 bits per heavy atom. The van der Waals surface area contributed by atoms with Crippen LogP contribution < -0.4 is 0 Å². The SMILES string of the molecule is CC1=N[C@@H]([C@@]2(C)C=CC(F)=CC2)CO1. The fourth-order valence-corrected chi connectivity index (χ4v) is 1.80. The predicted octanol–water partition coefficient (Wildman–Crippen LogP) is 2.62. The predicted molar refractivity (Wildman–Crippen MR) is 53.9 cm³/mol. The lowest BCUT2D eigenvalue weighted by Crippen LogP contribution is -2.30. The molecule has 0 aromatic carbocycles. The second-order valence-corrected chi connectivity index (χ2v) is 4.11. The van der Waals surface area contributed by atoms with Gasteiger partial charge in [0.05, 0.1) is 6.04 Å². The Balaban J connectivity index is 2.15. The summed E-state index contributed by atoms with van der Waals surface area (Å²) in [6.45, 7) is 4.55. The Hall–Kier alpha value is -1.12. The molecule has 2 atom stereocenters. The molecule has 1 aliphatic carbocycles. The summed E-state index contributed by atoms with van der Waals surface area (Å²) in [6.07, 6.45) is 5.73. The van der Waals surface area contributed by atoms with Crippen LogP contribution in [0.25, 0.3) is 0 Å².